The van der Waals surface area contributed by atoms with Gasteiger partial charge in [-0.25, -0.2) is 9.67 Å². The molecule has 4 heteroatoms. The summed E-state index contributed by atoms with van der Waals surface area (Å²) in [4.78, 5) is 4.24. The lowest BCUT2D eigenvalue weighted by Crippen LogP contribution is -2.20. The minimum atomic E-state index is 0.0486. The highest BCUT2D eigenvalue weighted by molar-refractivity contribution is 5.08. The number of nitrogens with zero attached hydrogens (tertiary/aromatic N) is 3. The topological polar surface area (TPSA) is 56.7 Å². The zero-order valence-corrected chi connectivity index (χ0v) is 9.07. The van der Waals surface area contributed by atoms with Gasteiger partial charge in [0, 0.05) is 6.54 Å². The molecular weight excluding hydrogens is 176 g/mol. The van der Waals surface area contributed by atoms with Gasteiger partial charge in [-0.05, 0) is 24.7 Å². The first-order valence-electron chi connectivity index (χ1n) is 5.19. The van der Waals surface area contributed by atoms with E-state index in [4.69, 9.17) is 5.73 Å². The standard InChI is InChI=1S/C10H18N4/c1-4-14-9(12-6-13-14)8(11)7-5-10(7,2)3/h6-8H,4-5,11H2,1-3H3. The monoisotopic (exact) mass is 194 g/mol. The number of rotatable bonds is 3. The van der Waals surface area contributed by atoms with Crippen LogP contribution in [0.5, 0.6) is 0 Å². The first-order valence-corrected chi connectivity index (χ1v) is 5.19. The molecule has 1 aliphatic rings. The first kappa shape index (κ1) is 9.65. The second kappa shape index (κ2) is 3.05. The van der Waals surface area contributed by atoms with Crippen molar-refractivity contribution in [3.63, 3.8) is 0 Å². The van der Waals surface area contributed by atoms with Crippen molar-refractivity contribution >= 4 is 0 Å². The Kier molecular flexibility index (Phi) is 2.10. The number of aryl methyl sites for hydroxylation is 1. The molecule has 4 nitrogen and oxygen atoms in total. The highest BCUT2D eigenvalue weighted by Crippen LogP contribution is 2.56. The number of nitrogens with two attached hydrogens (primary N) is 1. The quantitative estimate of drug-likeness (QED) is 0.790. The highest BCUT2D eigenvalue weighted by atomic mass is 15.3. The van der Waals surface area contributed by atoms with Gasteiger partial charge in [-0.1, -0.05) is 13.8 Å². The van der Waals surface area contributed by atoms with Crippen LogP contribution in [0.3, 0.4) is 0 Å². The summed E-state index contributed by atoms with van der Waals surface area (Å²) in [5.74, 6) is 1.50. The summed E-state index contributed by atoms with van der Waals surface area (Å²) >= 11 is 0. The molecule has 1 aliphatic carbocycles. The van der Waals surface area contributed by atoms with Crippen LogP contribution in [-0.2, 0) is 6.54 Å². The van der Waals surface area contributed by atoms with Crippen LogP contribution in [0.2, 0.25) is 0 Å². The Labute approximate surface area is 84.5 Å². The van der Waals surface area contributed by atoms with Crippen LogP contribution in [0, 0.1) is 11.3 Å². The van der Waals surface area contributed by atoms with E-state index in [0.29, 0.717) is 11.3 Å². The third-order valence-electron chi connectivity index (χ3n) is 3.27. The maximum absolute atomic E-state index is 6.17. The molecule has 1 heterocycles. The van der Waals surface area contributed by atoms with Crippen LogP contribution in [0.25, 0.3) is 0 Å². The third kappa shape index (κ3) is 1.43. The lowest BCUT2D eigenvalue weighted by atomic mass is 10.0. The largest absolute Gasteiger partial charge is 0.321 e. The molecule has 0 aromatic carbocycles. The van der Waals surface area contributed by atoms with Crippen molar-refractivity contribution in [1.82, 2.24) is 14.8 Å². The molecule has 1 saturated carbocycles. The second-order valence-electron chi connectivity index (χ2n) is 4.76. The molecule has 2 rings (SSSR count). The van der Waals surface area contributed by atoms with Crippen LogP contribution >= 0.6 is 0 Å². The van der Waals surface area contributed by atoms with E-state index in [2.05, 4.69) is 30.9 Å². The van der Waals surface area contributed by atoms with E-state index < -0.39 is 0 Å². The van der Waals surface area contributed by atoms with Crippen LogP contribution in [0.4, 0.5) is 0 Å². The van der Waals surface area contributed by atoms with Crippen molar-refractivity contribution < 1.29 is 0 Å². The van der Waals surface area contributed by atoms with Gasteiger partial charge in [0.15, 0.2) is 0 Å². The summed E-state index contributed by atoms with van der Waals surface area (Å²) in [6.07, 6.45) is 2.79. The van der Waals surface area contributed by atoms with E-state index in [1.54, 1.807) is 6.33 Å². The lowest BCUT2D eigenvalue weighted by Gasteiger charge is -2.13. The third-order valence-corrected chi connectivity index (χ3v) is 3.27. The molecule has 2 atom stereocenters. The molecule has 1 aromatic rings. The summed E-state index contributed by atoms with van der Waals surface area (Å²) in [7, 11) is 0. The predicted octanol–water partition coefficient (Wildman–Crippen LogP) is 1.34. The van der Waals surface area contributed by atoms with Gasteiger partial charge < -0.3 is 5.73 Å². The second-order valence-corrected chi connectivity index (χ2v) is 4.76. The Morgan fingerprint density at radius 2 is 2.36 bits per heavy atom. The number of hydrogen-bond donors (Lipinski definition) is 1. The normalized spacial score (nSPS) is 26.1. The van der Waals surface area contributed by atoms with E-state index in [-0.39, 0.29) is 6.04 Å². The van der Waals surface area contributed by atoms with Gasteiger partial charge in [0.1, 0.15) is 12.2 Å². The summed E-state index contributed by atoms with van der Waals surface area (Å²) in [6.45, 7) is 7.41. The minimum absolute atomic E-state index is 0.0486. The summed E-state index contributed by atoms with van der Waals surface area (Å²) in [6, 6.07) is 0.0486. The van der Waals surface area contributed by atoms with E-state index in [0.717, 1.165) is 12.4 Å². The van der Waals surface area contributed by atoms with Gasteiger partial charge in [-0.3, -0.25) is 0 Å². The molecule has 0 amide bonds. The van der Waals surface area contributed by atoms with Gasteiger partial charge in [-0.2, -0.15) is 5.10 Å². The summed E-state index contributed by atoms with van der Waals surface area (Å²) in [5, 5.41) is 4.14. The molecule has 14 heavy (non-hydrogen) atoms. The van der Waals surface area contributed by atoms with E-state index >= 15 is 0 Å². The van der Waals surface area contributed by atoms with Crippen LogP contribution in [0.15, 0.2) is 6.33 Å². The molecular formula is C10H18N4. The zero-order valence-electron chi connectivity index (χ0n) is 9.07. The SMILES string of the molecule is CCn1ncnc1C(N)C1CC1(C)C. The summed E-state index contributed by atoms with van der Waals surface area (Å²) in [5.41, 5.74) is 6.57. The number of aromatic nitrogens is 3. The fourth-order valence-corrected chi connectivity index (χ4v) is 2.08. The van der Waals surface area contributed by atoms with E-state index in [1.807, 2.05) is 4.68 Å². The van der Waals surface area contributed by atoms with Gasteiger partial charge in [0.2, 0.25) is 0 Å². The van der Waals surface area contributed by atoms with Crippen molar-refractivity contribution in [1.29, 1.82) is 0 Å². The van der Waals surface area contributed by atoms with Crippen molar-refractivity contribution in [2.75, 3.05) is 0 Å². The Morgan fingerprint density at radius 1 is 1.71 bits per heavy atom. The van der Waals surface area contributed by atoms with Crippen molar-refractivity contribution in [2.45, 2.75) is 39.8 Å². The van der Waals surface area contributed by atoms with Gasteiger partial charge in [-0.15, -0.1) is 0 Å². The van der Waals surface area contributed by atoms with Gasteiger partial charge in [0.05, 0.1) is 6.04 Å². The Morgan fingerprint density at radius 3 is 2.86 bits per heavy atom. The lowest BCUT2D eigenvalue weighted by molar-refractivity contribution is 0.452. The molecule has 0 aliphatic heterocycles. The van der Waals surface area contributed by atoms with Crippen molar-refractivity contribution in [3.8, 4) is 0 Å². The van der Waals surface area contributed by atoms with Gasteiger partial charge in [0.25, 0.3) is 0 Å². The molecule has 78 valence electrons. The molecule has 1 aromatic heterocycles. The first-order chi connectivity index (χ1) is 6.56. The predicted molar refractivity (Wildman–Crippen MR) is 54.5 cm³/mol. The molecule has 0 spiro atoms. The minimum Gasteiger partial charge on any atom is -0.321 e. The van der Waals surface area contributed by atoms with Crippen molar-refractivity contribution in [2.24, 2.45) is 17.1 Å². The average molecular weight is 194 g/mol. The summed E-state index contributed by atoms with van der Waals surface area (Å²) < 4.78 is 1.89. The van der Waals surface area contributed by atoms with Crippen LogP contribution in [0.1, 0.15) is 39.1 Å². The maximum Gasteiger partial charge on any atom is 0.144 e. The van der Waals surface area contributed by atoms with Crippen LogP contribution in [-0.4, -0.2) is 14.8 Å². The van der Waals surface area contributed by atoms with Crippen LogP contribution < -0.4 is 5.73 Å². The van der Waals surface area contributed by atoms with Crippen molar-refractivity contribution in [3.05, 3.63) is 12.2 Å². The molecule has 2 unspecified atom stereocenters. The van der Waals surface area contributed by atoms with Gasteiger partial charge >= 0.3 is 0 Å². The van der Waals surface area contributed by atoms with E-state index in [1.165, 1.54) is 6.42 Å². The fourth-order valence-electron chi connectivity index (χ4n) is 2.08. The van der Waals surface area contributed by atoms with E-state index in [9.17, 15) is 0 Å². The Bertz CT molecular complexity index is 329. The maximum atomic E-state index is 6.17. The molecule has 0 radical (unpaired) electrons. The average Bonchev–Trinajstić information content (AvgIpc) is 2.64. The highest BCUT2D eigenvalue weighted by Gasteiger charge is 2.50. The fraction of sp³-hybridized carbons (Fsp3) is 0.800. The Balaban J connectivity index is 2.16. The molecule has 2 N–H and O–H groups in total. The molecule has 1 fully saturated rings. The number of hydrogen-bond acceptors (Lipinski definition) is 3. The molecule has 0 saturated heterocycles. The Hall–Kier alpha value is -0.900. The zero-order chi connectivity index (χ0) is 10.3. The molecule has 0 bridgehead atoms. The smallest absolute Gasteiger partial charge is 0.144 e.